The molecule has 3 N–H and O–H groups in total. The van der Waals surface area contributed by atoms with Gasteiger partial charge >= 0.3 is 0 Å². The normalized spacial score (nSPS) is 11.6. The van der Waals surface area contributed by atoms with Crippen LogP contribution in [0.3, 0.4) is 0 Å². The Morgan fingerprint density at radius 1 is 1.33 bits per heavy atom. The van der Waals surface area contributed by atoms with Gasteiger partial charge in [0.1, 0.15) is 0 Å². The Bertz CT molecular complexity index is 416. The Kier molecular flexibility index (Phi) is 10.9. The summed E-state index contributed by atoms with van der Waals surface area (Å²) >= 11 is 0. The topological polar surface area (TPSA) is 73.6 Å². The number of nitrogens with two attached hydrogens (primary N) is 1. The summed E-state index contributed by atoms with van der Waals surface area (Å²) in [4.78, 5) is 11.7. The van der Waals surface area contributed by atoms with Crippen LogP contribution in [0.4, 0.5) is 5.69 Å². The predicted octanol–water partition coefficient (Wildman–Crippen LogP) is 2.19. The summed E-state index contributed by atoms with van der Waals surface area (Å²) in [6, 6.07) is 7.61. The largest absolute Gasteiger partial charge is 0.379 e. The van der Waals surface area contributed by atoms with Crippen LogP contribution in [0.5, 0.6) is 0 Å². The number of nitrogens with one attached hydrogen (secondary N) is 1. The Morgan fingerprint density at radius 3 is 2.71 bits per heavy atom. The van der Waals surface area contributed by atoms with Gasteiger partial charge in [-0.25, -0.2) is 0 Å². The molecule has 0 radical (unpaired) electrons. The number of ether oxygens (including phenoxy) is 2. The molecule has 1 aromatic carbocycles. The summed E-state index contributed by atoms with van der Waals surface area (Å²) in [5, 5.41) is 2.84. The molecule has 1 aromatic rings. The van der Waals surface area contributed by atoms with E-state index in [2.05, 4.69) is 5.32 Å². The summed E-state index contributed by atoms with van der Waals surface area (Å²) < 4.78 is 10.7. The minimum Gasteiger partial charge on any atom is -0.379 e. The van der Waals surface area contributed by atoms with Gasteiger partial charge in [0.15, 0.2) is 0 Å². The van der Waals surface area contributed by atoms with E-state index in [1.54, 1.807) is 6.92 Å². The quantitative estimate of drug-likeness (QED) is 0.685. The van der Waals surface area contributed by atoms with E-state index in [-0.39, 0.29) is 24.2 Å². The number of carbonyl (C=O) groups excluding carboxylic acids is 1. The maximum Gasteiger partial charge on any atom is 0.228 e. The van der Waals surface area contributed by atoms with Crippen LogP contribution in [0.2, 0.25) is 0 Å². The molecule has 1 unspecified atom stereocenters. The van der Waals surface area contributed by atoms with E-state index in [9.17, 15) is 4.79 Å². The molecule has 0 spiro atoms. The van der Waals surface area contributed by atoms with Crippen molar-refractivity contribution < 1.29 is 14.3 Å². The lowest BCUT2D eigenvalue weighted by molar-refractivity contribution is -0.119. The standard InChI is InChI=1S/C15H24N2O3.ClH/c1-3-19-7-8-20-11-13-5-4-6-14(9-13)17-15(18)12(2)10-16;/h4-6,9,12H,3,7-8,10-11,16H2,1-2H3,(H,17,18);1H. The summed E-state index contributed by atoms with van der Waals surface area (Å²) in [6.07, 6.45) is 0. The molecule has 1 amide bonds. The summed E-state index contributed by atoms with van der Waals surface area (Å²) in [5.41, 5.74) is 7.25. The van der Waals surface area contributed by atoms with Gasteiger partial charge in [0, 0.05) is 24.8 Å². The molecule has 0 aliphatic rings. The molecule has 0 aliphatic carbocycles. The van der Waals surface area contributed by atoms with Crippen molar-refractivity contribution in [3.8, 4) is 0 Å². The van der Waals surface area contributed by atoms with Crippen LogP contribution >= 0.6 is 12.4 Å². The zero-order valence-electron chi connectivity index (χ0n) is 12.6. The number of carbonyl (C=O) groups is 1. The Hall–Kier alpha value is -1.14. The van der Waals surface area contributed by atoms with Crippen LogP contribution in [-0.4, -0.2) is 32.3 Å². The van der Waals surface area contributed by atoms with Crippen molar-refractivity contribution in [2.45, 2.75) is 20.5 Å². The molecule has 0 saturated carbocycles. The number of anilines is 1. The molecular weight excluding hydrogens is 292 g/mol. The number of rotatable bonds is 9. The van der Waals surface area contributed by atoms with Crippen molar-refractivity contribution in [2.24, 2.45) is 11.7 Å². The highest BCUT2D eigenvalue weighted by Crippen LogP contribution is 2.12. The minimum atomic E-state index is -0.193. The third kappa shape index (κ3) is 8.02. The summed E-state index contributed by atoms with van der Waals surface area (Å²) in [6.45, 7) is 6.46. The molecule has 120 valence electrons. The minimum absolute atomic E-state index is 0. The molecule has 21 heavy (non-hydrogen) atoms. The van der Waals surface area contributed by atoms with Gasteiger partial charge in [0.05, 0.1) is 19.8 Å². The van der Waals surface area contributed by atoms with Crippen molar-refractivity contribution in [1.29, 1.82) is 0 Å². The molecule has 0 bridgehead atoms. The van der Waals surface area contributed by atoms with Gasteiger partial charge in [-0.1, -0.05) is 19.1 Å². The third-order valence-corrected chi connectivity index (χ3v) is 2.84. The van der Waals surface area contributed by atoms with Crippen LogP contribution in [0.1, 0.15) is 19.4 Å². The van der Waals surface area contributed by atoms with Crippen molar-refractivity contribution >= 4 is 24.0 Å². The maximum atomic E-state index is 11.7. The SMILES string of the molecule is CCOCCOCc1cccc(NC(=O)C(C)CN)c1.Cl. The lowest BCUT2D eigenvalue weighted by Crippen LogP contribution is -2.26. The average Bonchev–Trinajstić information content (AvgIpc) is 2.46. The zero-order chi connectivity index (χ0) is 14.8. The molecule has 5 nitrogen and oxygen atoms in total. The third-order valence-electron chi connectivity index (χ3n) is 2.84. The molecule has 0 heterocycles. The van der Waals surface area contributed by atoms with Crippen LogP contribution in [0.25, 0.3) is 0 Å². The second-order valence-corrected chi connectivity index (χ2v) is 4.58. The van der Waals surface area contributed by atoms with E-state index in [1.807, 2.05) is 31.2 Å². The van der Waals surface area contributed by atoms with E-state index in [1.165, 1.54) is 0 Å². The number of hydrogen-bond donors (Lipinski definition) is 2. The highest BCUT2D eigenvalue weighted by atomic mass is 35.5. The average molecular weight is 317 g/mol. The molecule has 0 saturated heterocycles. The van der Waals surface area contributed by atoms with Crippen LogP contribution in [0, 0.1) is 5.92 Å². The smallest absolute Gasteiger partial charge is 0.228 e. The second-order valence-electron chi connectivity index (χ2n) is 4.58. The number of halogens is 1. The first kappa shape index (κ1) is 19.9. The highest BCUT2D eigenvalue weighted by Gasteiger charge is 2.10. The lowest BCUT2D eigenvalue weighted by atomic mass is 10.1. The molecule has 6 heteroatoms. The summed E-state index contributed by atoms with van der Waals surface area (Å²) in [5.74, 6) is -0.261. The van der Waals surface area contributed by atoms with Gasteiger partial charge in [0.25, 0.3) is 0 Å². The van der Waals surface area contributed by atoms with Crippen molar-refractivity contribution in [3.05, 3.63) is 29.8 Å². The fourth-order valence-corrected chi connectivity index (χ4v) is 1.56. The van der Waals surface area contributed by atoms with Crippen LogP contribution in [-0.2, 0) is 20.9 Å². The van der Waals surface area contributed by atoms with E-state index in [0.29, 0.717) is 33.0 Å². The first-order valence-electron chi connectivity index (χ1n) is 6.92. The van der Waals surface area contributed by atoms with E-state index in [4.69, 9.17) is 15.2 Å². The molecular formula is C15H25ClN2O3. The number of hydrogen-bond acceptors (Lipinski definition) is 4. The second kappa shape index (κ2) is 11.5. The Balaban J connectivity index is 0.00000400. The maximum absolute atomic E-state index is 11.7. The monoisotopic (exact) mass is 316 g/mol. The molecule has 0 aromatic heterocycles. The number of amides is 1. The van der Waals surface area contributed by atoms with Crippen LogP contribution < -0.4 is 11.1 Å². The Labute approximate surface area is 132 Å². The lowest BCUT2D eigenvalue weighted by Gasteiger charge is -2.11. The summed E-state index contributed by atoms with van der Waals surface area (Å²) in [7, 11) is 0. The molecule has 0 aliphatic heterocycles. The Morgan fingerprint density at radius 2 is 2.05 bits per heavy atom. The first-order valence-corrected chi connectivity index (χ1v) is 6.92. The highest BCUT2D eigenvalue weighted by molar-refractivity contribution is 5.92. The van der Waals surface area contributed by atoms with Gasteiger partial charge in [-0.3, -0.25) is 4.79 Å². The van der Waals surface area contributed by atoms with Gasteiger partial charge in [0.2, 0.25) is 5.91 Å². The van der Waals surface area contributed by atoms with E-state index >= 15 is 0 Å². The molecule has 0 fully saturated rings. The van der Waals surface area contributed by atoms with E-state index < -0.39 is 0 Å². The van der Waals surface area contributed by atoms with Gasteiger partial charge in [-0.15, -0.1) is 12.4 Å². The van der Waals surface area contributed by atoms with Crippen LogP contribution in [0.15, 0.2) is 24.3 Å². The number of benzene rings is 1. The molecule has 1 atom stereocenters. The van der Waals surface area contributed by atoms with Gasteiger partial charge < -0.3 is 20.5 Å². The fourth-order valence-electron chi connectivity index (χ4n) is 1.56. The first-order chi connectivity index (χ1) is 9.67. The zero-order valence-corrected chi connectivity index (χ0v) is 13.4. The molecule has 1 rings (SSSR count). The van der Waals surface area contributed by atoms with Crippen molar-refractivity contribution in [3.63, 3.8) is 0 Å². The predicted molar refractivity (Wildman–Crippen MR) is 86.7 cm³/mol. The van der Waals surface area contributed by atoms with Gasteiger partial charge in [-0.2, -0.15) is 0 Å². The fraction of sp³-hybridized carbons (Fsp3) is 0.533. The van der Waals surface area contributed by atoms with Gasteiger partial charge in [-0.05, 0) is 24.6 Å². The van der Waals surface area contributed by atoms with E-state index in [0.717, 1.165) is 11.3 Å². The van der Waals surface area contributed by atoms with Crippen molar-refractivity contribution in [1.82, 2.24) is 0 Å². The van der Waals surface area contributed by atoms with Crippen molar-refractivity contribution in [2.75, 3.05) is 31.7 Å².